The molecule has 1 aromatic heterocycles. The zero-order valence-corrected chi connectivity index (χ0v) is 14.9. The van der Waals surface area contributed by atoms with Gasteiger partial charge in [-0.3, -0.25) is 14.5 Å². The van der Waals surface area contributed by atoms with Gasteiger partial charge in [0, 0.05) is 49.2 Å². The highest BCUT2D eigenvalue weighted by Crippen LogP contribution is 2.23. The average molecular weight is 375 g/mol. The number of aliphatic hydroxyl groups is 1. The van der Waals surface area contributed by atoms with Crippen molar-refractivity contribution in [3.05, 3.63) is 46.0 Å². The molecule has 0 spiro atoms. The van der Waals surface area contributed by atoms with Gasteiger partial charge >= 0.3 is 0 Å². The molecular weight excluding hydrogens is 353 g/mol. The lowest BCUT2D eigenvalue weighted by Crippen LogP contribution is -2.57. The predicted molar refractivity (Wildman–Crippen MR) is 97.2 cm³/mol. The molecular formula is C19H22FN3O4. The lowest BCUT2D eigenvalue weighted by molar-refractivity contribution is -0.0478. The fraction of sp³-hybridized carbons (Fsp3) is 0.474. The summed E-state index contributed by atoms with van der Waals surface area (Å²) in [4.78, 5) is 31.3. The van der Waals surface area contributed by atoms with E-state index >= 15 is 0 Å². The molecule has 27 heavy (non-hydrogen) atoms. The van der Waals surface area contributed by atoms with Gasteiger partial charge in [-0.2, -0.15) is 0 Å². The van der Waals surface area contributed by atoms with E-state index in [2.05, 4.69) is 9.88 Å². The van der Waals surface area contributed by atoms with E-state index in [-0.39, 0.29) is 24.1 Å². The van der Waals surface area contributed by atoms with Gasteiger partial charge in [0.2, 0.25) is 5.56 Å². The van der Waals surface area contributed by atoms with E-state index in [9.17, 15) is 19.1 Å². The third kappa shape index (κ3) is 3.60. The van der Waals surface area contributed by atoms with Gasteiger partial charge in [-0.15, -0.1) is 0 Å². The molecule has 2 atom stereocenters. The van der Waals surface area contributed by atoms with Gasteiger partial charge in [0.15, 0.2) is 0 Å². The summed E-state index contributed by atoms with van der Waals surface area (Å²) in [6, 6.07) is 5.12. The Bertz CT molecular complexity index is 909. The molecule has 2 aromatic rings. The molecule has 2 aliphatic heterocycles. The van der Waals surface area contributed by atoms with E-state index in [0.717, 1.165) is 13.1 Å². The number of carbonyl (C=O) groups is 1. The van der Waals surface area contributed by atoms with Crippen LogP contribution in [0.2, 0.25) is 0 Å². The molecule has 1 amide bonds. The molecule has 8 heteroatoms. The zero-order chi connectivity index (χ0) is 19.0. The van der Waals surface area contributed by atoms with Gasteiger partial charge in [0.25, 0.3) is 5.91 Å². The Labute approximate surface area is 155 Å². The van der Waals surface area contributed by atoms with E-state index in [1.165, 1.54) is 24.3 Å². The Morgan fingerprint density at radius 1 is 1.22 bits per heavy atom. The van der Waals surface area contributed by atoms with Crippen molar-refractivity contribution in [2.45, 2.75) is 18.6 Å². The molecule has 2 aliphatic rings. The maximum Gasteiger partial charge on any atom is 0.254 e. The number of piperidine rings is 1. The highest BCUT2D eigenvalue weighted by molar-refractivity contribution is 6.06. The molecule has 2 fully saturated rings. The van der Waals surface area contributed by atoms with Gasteiger partial charge in [-0.25, -0.2) is 4.39 Å². The van der Waals surface area contributed by atoms with Crippen LogP contribution in [0.25, 0.3) is 10.9 Å². The Morgan fingerprint density at radius 2 is 2.00 bits per heavy atom. The summed E-state index contributed by atoms with van der Waals surface area (Å²) in [5.41, 5.74) is 0.155. The molecule has 0 unspecified atom stereocenters. The van der Waals surface area contributed by atoms with Gasteiger partial charge in [0.05, 0.1) is 24.9 Å². The number of pyridine rings is 1. The highest BCUT2D eigenvalue weighted by atomic mass is 19.1. The Morgan fingerprint density at radius 3 is 2.74 bits per heavy atom. The number of ether oxygens (including phenoxy) is 1. The van der Waals surface area contributed by atoms with Crippen molar-refractivity contribution in [2.75, 3.05) is 39.4 Å². The van der Waals surface area contributed by atoms with Crippen LogP contribution >= 0.6 is 0 Å². The average Bonchev–Trinajstić information content (AvgIpc) is 2.67. The van der Waals surface area contributed by atoms with Crippen molar-refractivity contribution >= 4 is 16.8 Å². The maximum atomic E-state index is 13.7. The number of amides is 1. The summed E-state index contributed by atoms with van der Waals surface area (Å²) in [5.74, 6) is -0.842. The van der Waals surface area contributed by atoms with Crippen molar-refractivity contribution in [1.29, 1.82) is 0 Å². The Hall–Kier alpha value is -2.29. The predicted octanol–water partition coefficient (Wildman–Crippen LogP) is 0.575. The van der Waals surface area contributed by atoms with Gasteiger partial charge in [0.1, 0.15) is 5.82 Å². The number of β-amino-alcohol motifs (C(OH)–C–C–N with tert-alkyl or cyclic N) is 1. The number of aromatic amines is 1. The van der Waals surface area contributed by atoms with E-state index in [4.69, 9.17) is 4.74 Å². The first-order valence-electron chi connectivity index (χ1n) is 9.14. The number of aliphatic hydroxyl groups excluding tert-OH is 1. The minimum atomic E-state index is -0.675. The van der Waals surface area contributed by atoms with E-state index < -0.39 is 17.5 Å². The second-order valence-corrected chi connectivity index (χ2v) is 7.06. The van der Waals surface area contributed by atoms with Crippen LogP contribution < -0.4 is 5.56 Å². The van der Waals surface area contributed by atoms with Crippen LogP contribution in [-0.4, -0.2) is 77.3 Å². The van der Waals surface area contributed by atoms with Crippen LogP contribution in [0.1, 0.15) is 16.8 Å². The summed E-state index contributed by atoms with van der Waals surface area (Å²) < 4.78 is 19.0. The van der Waals surface area contributed by atoms with Crippen LogP contribution in [0.15, 0.2) is 29.1 Å². The number of nitrogens with zero attached hydrogens (tertiary/aromatic N) is 2. The van der Waals surface area contributed by atoms with Crippen LogP contribution in [0.4, 0.5) is 4.39 Å². The summed E-state index contributed by atoms with van der Waals surface area (Å²) in [6.45, 7) is 3.50. The number of carbonyl (C=O) groups excluding carboxylic acids is 1. The third-order valence-electron chi connectivity index (χ3n) is 5.38. The molecule has 3 heterocycles. The highest BCUT2D eigenvalue weighted by Gasteiger charge is 2.35. The SMILES string of the molecule is O=C(c1cc(=O)[nH]c2ccc(F)cc12)N1CC[C@@H](N2CCOCC2)[C@H](O)C1. The van der Waals surface area contributed by atoms with Crippen LogP contribution in [-0.2, 0) is 4.74 Å². The fourth-order valence-electron chi connectivity index (χ4n) is 4.01. The molecule has 7 nitrogen and oxygen atoms in total. The normalized spacial score (nSPS) is 24.3. The first-order chi connectivity index (χ1) is 13.0. The summed E-state index contributed by atoms with van der Waals surface area (Å²) in [6.07, 6.45) is -0.0339. The molecule has 0 aliphatic carbocycles. The van der Waals surface area contributed by atoms with E-state index in [0.29, 0.717) is 37.1 Å². The lowest BCUT2D eigenvalue weighted by Gasteiger charge is -2.43. The molecule has 0 saturated carbocycles. The molecule has 2 saturated heterocycles. The topological polar surface area (TPSA) is 85.9 Å². The Balaban J connectivity index is 1.56. The number of likely N-dealkylation sites (tertiary alicyclic amines) is 1. The number of H-pyrrole nitrogens is 1. The molecule has 0 radical (unpaired) electrons. The van der Waals surface area contributed by atoms with Crippen molar-refractivity contribution in [1.82, 2.24) is 14.8 Å². The number of aromatic nitrogens is 1. The Kier molecular flexibility index (Phi) is 4.94. The van der Waals surface area contributed by atoms with Gasteiger partial charge in [-0.05, 0) is 24.6 Å². The minimum absolute atomic E-state index is 0.00804. The summed E-state index contributed by atoms with van der Waals surface area (Å²) in [7, 11) is 0. The van der Waals surface area contributed by atoms with Crippen molar-refractivity contribution in [3.63, 3.8) is 0 Å². The number of fused-ring (bicyclic) bond motifs is 1. The maximum absolute atomic E-state index is 13.7. The first kappa shape index (κ1) is 18.1. The van der Waals surface area contributed by atoms with Crippen LogP contribution in [0, 0.1) is 5.82 Å². The second-order valence-electron chi connectivity index (χ2n) is 7.06. The summed E-state index contributed by atoms with van der Waals surface area (Å²) >= 11 is 0. The quantitative estimate of drug-likeness (QED) is 0.802. The smallest absolute Gasteiger partial charge is 0.254 e. The number of rotatable bonds is 2. The number of hydrogen-bond acceptors (Lipinski definition) is 5. The number of halogens is 1. The van der Waals surface area contributed by atoms with Crippen molar-refractivity contribution < 1.29 is 19.0 Å². The molecule has 144 valence electrons. The van der Waals surface area contributed by atoms with Crippen molar-refractivity contribution in [3.8, 4) is 0 Å². The van der Waals surface area contributed by atoms with E-state index in [1.54, 1.807) is 4.90 Å². The first-order valence-corrected chi connectivity index (χ1v) is 9.14. The monoisotopic (exact) mass is 375 g/mol. The third-order valence-corrected chi connectivity index (χ3v) is 5.38. The van der Waals surface area contributed by atoms with Crippen LogP contribution in [0.3, 0.4) is 0 Å². The largest absolute Gasteiger partial charge is 0.390 e. The van der Waals surface area contributed by atoms with Crippen LogP contribution in [0.5, 0.6) is 0 Å². The standard InChI is InChI=1S/C19H22FN3O4/c20-12-1-2-15-13(9-12)14(10-18(25)21-15)19(26)23-4-3-16(17(24)11-23)22-5-7-27-8-6-22/h1-2,9-10,16-17,24H,3-8,11H2,(H,21,25)/t16-,17-/m1/s1. The molecule has 2 N–H and O–H groups in total. The van der Waals surface area contributed by atoms with Gasteiger partial charge in [-0.1, -0.05) is 0 Å². The minimum Gasteiger partial charge on any atom is -0.390 e. The molecule has 1 aromatic carbocycles. The second kappa shape index (κ2) is 7.38. The number of hydrogen-bond donors (Lipinski definition) is 2. The lowest BCUT2D eigenvalue weighted by atomic mass is 9.98. The van der Waals surface area contributed by atoms with Gasteiger partial charge < -0.3 is 19.7 Å². The van der Waals surface area contributed by atoms with Crippen molar-refractivity contribution in [2.24, 2.45) is 0 Å². The zero-order valence-electron chi connectivity index (χ0n) is 14.9. The molecule has 4 rings (SSSR count). The summed E-state index contributed by atoms with van der Waals surface area (Å²) in [5, 5.41) is 11.0. The fourth-order valence-corrected chi connectivity index (χ4v) is 4.01. The number of nitrogens with one attached hydrogen (secondary N) is 1. The number of morpholine rings is 1. The number of benzene rings is 1. The van der Waals surface area contributed by atoms with E-state index in [1.807, 2.05) is 0 Å². The molecule has 0 bridgehead atoms.